The maximum Gasteiger partial charge on any atom is 0.0162 e. The van der Waals surface area contributed by atoms with Crippen molar-refractivity contribution in [1.29, 1.82) is 0 Å². The van der Waals surface area contributed by atoms with Crippen LogP contribution in [0, 0.1) is 0 Å². The molecular formula is C5H11NS2. The number of rotatable bonds is 0. The van der Waals surface area contributed by atoms with Gasteiger partial charge in [0.2, 0.25) is 0 Å². The molecular weight excluding hydrogens is 138 g/mol. The minimum Gasteiger partial charge on any atom is -0.316 e. The topological polar surface area (TPSA) is 12.0 Å². The zero-order valence-electron chi connectivity index (χ0n) is 4.85. The molecule has 0 saturated carbocycles. The van der Waals surface area contributed by atoms with Gasteiger partial charge in [0.15, 0.2) is 0 Å². The van der Waals surface area contributed by atoms with Crippen LogP contribution < -0.4 is 5.32 Å². The van der Waals surface area contributed by atoms with Crippen molar-refractivity contribution >= 4 is 21.6 Å². The molecule has 0 aliphatic carbocycles. The van der Waals surface area contributed by atoms with E-state index in [1.54, 1.807) is 0 Å². The second-order valence-electron chi connectivity index (χ2n) is 1.75. The molecule has 8 heavy (non-hydrogen) atoms. The van der Waals surface area contributed by atoms with Gasteiger partial charge in [0.25, 0.3) is 0 Å². The van der Waals surface area contributed by atoms with E-state index < -0.39 is 0 Å². The Kier molecular flexibility index (Phi) is 3.84. The maximum atomic E-state index is 3.35. The molecule has 0 aromatic rings. The molecule has 1 rings (SSSR count). The van der Waals surface area contributed by atoms with E-state index in [0.29, 0.717) is 0 Å². The van der Waals surface area contributed by atoms with Gasteiger partial charge in [-0.1, -0.05) is 21.6 Å². The van der Waals surface area contributed by atoms with Crippen LogP contribution in [0.5, 0.6) is 0 Å². The first kappa shape index (κ1) is 6.78. The Balaban J connectivity index is 2.00. The molecule has 1 aliphatic rings. The van der Waals surface area contributed by atoms with E-state index in [1.165, 1.54) is 31.0 Å². The Morgan fingerprint density at radius 2 is 1.88 bits per heavy atom. The van der Waals surface area contributed by atoms with Gasteiger partial charge in [-0.2, -0.15) is 0 Å². The first-order valence-corrected chi connectivity index (χ1v) is 5.44. The summed E-state index contributed by atoms with van der Waals surface area (Å²) in [6, 6.07) is 0. The molecule has 0 aromatic heterocycles. The van der Waals surface area contributed by atoms with E-state index in [9.17, 15) is 0 Å². The maximum absolute atomic E-state index is 3.35. The summed E-state index contributed by atoms with van der Waals surface area (Å²) < 4.78 is 0. The van der Waals surface area contributed by atoms with Crippen LogP contribution in [0.2, 0.25) is 0 Å². The summed E-state index contributed by atoms with van der Waals surface area (Å²) in [5, 5.41) is 3.35. The van der Waals surface area contributed by atoms with Crippen molar-refractivity contribution in [3.8, 4) is 0 Å². The van der Waals surface area contributed by atoms with E-state index in [4.69, 9.17) is 0 Å². The van der Waals surface area contributed by atoms with E-state index in [2.05, 4.69) is 5.32 Å². The third-order valence-corrected chi connectivity index (χ3v) is 3.52. The second kappa shape index (κ2) is 4.53. The molecule has 0 spiro atoms. The lowest BCUT2D eigenvalue weighted by molar-refractivity contribution is 0.711. The fraction of sp³-hybridized carbons (Fsp3) is 1.00. The van der Waals surface area contributed by atoms with Gasteiger partial charge in [-0.25, -0.2) is 0 Å². The summed E-state index contributed by atoms with van der Waals surface area (Å²) in [7, 11) is 3.99. The predicted octanol–water partition coefficient (Wildman–Crippen LogP) is 1.36. The van der Waals surface area contributed by atoms with Gasteiger partial charge in [-0.3, -0.25) is 0 Å². The van der Waals surface area contributed by atoms with Gasteiger partial charge >= 0.3 is 0 Å². The van der Waals surface area contributed by atoms with Crippen molar-refractivity contribution in [1.82, 2.24) is 5.32 Å². The van der Waals surface area contributed by atoms with Gasteiger partial charge in [0.05, 0.1) is 0 Å². The van der Waals surface area contributed by atoms with Crippen molar-refractivity contribution < 1.29 is 0 Å². The molecule has 1 nitrogen and oxygen atoms in total. The van der Waals surface area contributed by atoms with Crippen LogP contribution in [0.15, 0.2) is 0 Å². The standard InChI is InChI=1S/C5H11NS2/c1-2-6-3-5-8-7-4-1/h6H,1-5H2. The highest BCUT2D eigenvalue weighted by molar-refractivity contribution is 8.76. The molecule has 3 heteroatoms. The van der Waals surface area contributed by atoms with Crippen LogP contribution in [-0.4, -0.2) is 24.6 Å². The molecule has 1 saturated heterocycles. The molecule has 1 heterocycles. The SMILES string of the molecule is C1CNCCSSC1. The fourth-order valence-corrected chi connectivity index (χ4v) is 2.65. The van der Waals surface area contributed by atoms with Crippen LogP contribution in [0.3, 0.4) is 0 Å². The molecule has 1 fully saturated rings. The largest absolute Gasteiger partial charge is 0.316 e. The molecule has 0 bridgehead atoms. The highest BCUT2D eigenvalue weighted by Gasteiger charge is 1.95. The van der Waals surface area contributed by atoms with Crippen molar-refractivity contribution in [3.05, 3.63) is 0 Å². The van der Waals surface area contributed by atoms with E-state index >= 15 is 0 Å². The zero-order chi connectivity index (χ0) is 5.66. The van der Waals surface area contributed by atoms with Crippen LogP contribution in [0.4, 0.5) is 0 Å². The van der Waals surface area contributed by atoms with Crippen LogP contribution >= 0.6 is 21.6 Å². The first-order chi connectivity index (χ1) is 4.00. The molecule has 48 valence electrons. The van der Waals surface area contributed by atoms with Crippen molar-refractivity contribution in [2.75, 3.05) is 24.6 Å². The Labute approximate surface area is 58.4 Å². The molecule has 0 amide bonds. The zero-order valence-corrected chi connectivity index (χ0v) is 6.49. The summed E-state index contributed by atoms with van der Waals surface area (Å²) >= 11 is 0. The lowest BCUT2D eigenvalue weighted by Crippen LogP contribution is -2.19. The summed E-state index contributed by atoms with van der Waals surface area (Å²) in [6.07, 6.45) is 1.33. The van der Waals surface area contributed by atoms with Crippen molar-refractivity contribution in [3.63, 3.8) is 0 Å². The van der Waals surface area contributed by atoms with E-state index in [1.807, 2.05) is 21.6 Å². The fourth-order valence-electron chi connectivity index (χ4n) is 0.613. The lowest BCUT2D eigenvalue weighted by Gasteiger charge is -2.07. The minimum absolute atomic E-state index is 1.19. The number of hydrogen-bond acceptors (Lipinski definition) is 3. The van der Waals surface area contributed by atoms with Gasteiger partial charge in [0.1, 0.15) is 0 Å². The van der Waals surface area contributed by atoms with Gasteiger partial charge < -0.3 is 5.32 Å². The average Bonchev–Trinajstić information content (AvgIpc) is 1.62. The molecule has 0 atom stereocenters. The Morgan fingerprint density at radius 1 is 1.00 bits per heavy atom. The third kappa shape index (κ3) is 2.84. The smallest absolute Gasteiger partial charge is 0.0162 e. The van der Waals surface area contributed by atoms with Gasteiger partial charge in [0, 0.05) is 18.1 Å². The predicted molar refractivity (Wildman–Crippen MR) is 42.4 cm³/mol. The van der Waals surface area contributed by atoms with Crippen molar-refractivity contribution in [2.45, 2.75) is 6.42 Å². The molecule has 0 unspecified atom stereocenters. The summed E-state index contributed by atoms with van der Waals surface area (Å²) in [5.74, 6) is 2.59. The Bertz CT molecular complexity index is 34.4. The molecule has 1 N–H and O–H groups in total. The number of nitrogens with one attached hydrogen (secondary N) is 1. The van der Waals surface area contributed by atoms with Crippen LogP contribution in [0.1, 0.15) is 6.42 Å². The quantitative estimate of drug-likeness (QED) is 0.522. The third-order valence-electron chi connectivity index (χ3n) is 1.03. The van der Waals surface area contributed by atoms with Crippen LogP contribution in [-0.2, 0) is 0 Å². The summed E-state index contributed by atoms with van der Waals surface area (Å²) in [4.78, 5) is 0. The average molecular weight is 149 g/mol. The van der Waals surface area contributed by atoms with Gasteiger partial charge in [-0.05, 0) is 13.0 Å². The summed E-state index contributed by atoms with van der Waals surface area (Å²) in [6.45, 7) is 2.41. The number of hydrogen-bond donors (Lipinski definition) is 1. The lowest BCUT2D eigenvalue weighted by atomic mass is 10.5. The highest BCUT2D eigenvalue weighted by Crippen LogP contribution is 2.21. The Hall–Kier alpha value is 0.660. The van der Waals surface area contributed by atoms with Crippen molar-refractivity contribution in [2.24, 2.45) is 0 Å². The highest BCUT2D eigenvalue weighted by atomic mass is 33.1. The van der Waals surface area contributed by atoms with Crippen LogP contribution in [0.25, 0.3) is 0 Å². The first-order valence-electron chi connectivity index (χ1n) is 2.95. The molecule has 0 aromatic carbocycles. The van der Waals surface area contributed by atoms with Gasteiger partial charge in [-0.15, -0.1) is 0 Å². The second-order valence-corrected chi connectivity index (χ2v) is 4.45. The monoisotopic (exact) mass is 149 g/mol. The Morgan fingerprint density at radius 3 is 2.88 bits per heavy atom. The molecule has 1 aliphatic heterocycles. The van der Waals surface area contributed by atoms with E-state index in [0.717, 1.165) is 0 Å². The van der Waals surface area contributed by atoms with E-state index in [-0.39, 0.29) is 0 Å². The molecule has 0 radical (unpaired) electrons. The summed E-state index contributed by atoms with van der Waals surface area (Å²) in [5.41, 5.74) is 0. The normalized spacial score (nSPS) is 24.0. The minimum atomic E-state index is 1.19.